The standard InChI is InChI=1S/C23H41N7.HI/c1-5-24-22(27-19-23(2,3)30-11-7-6-8-12-30)26-18-20-9-10-25-21(17-20)29-15-13-28(4)14-16-29;/h9-10,17H,5-8,11-16,18-19H2,1-4H3,(H2,24,26,27);1H. The van der Waals surface area contributed by atoms with E-state index in [1.54, 1.807) is 0 Å². The quantitative estimate of drug-likeness (QED) is 0.314. The third-order valence-corrected chi connectivity index (χ3v) is 6.30. The molecule has 176 valence electrons. The maximum atomic E-state index is 4.85. The fraction of sp³-hybridized carbons (Fsp3) is 0.739. The van der Waals surface area contributed by atoms with E-state index in [1.165, 1.54) is 37.9 Å². The number of aliphatic imine (C=N–C) groups is 1. The predicted molar refractivity (Wildman–Crippen MR) is 142 cm³/mol. The predicted octanol–water partition coefficient (Wildman–Crippen LogP) is 2.77. The highest BCUT2D eigenvalue weighted by molar-refractivity contribution is 14.0. The van der Waals surface area contributed by atoms with Gasteiger partial charge in [0.05, 0.1) is 6.54 Å². The molecular weight excluding hydrogens is 501 g/mol. The number of nitrogens with zero attached hydrogens (tertiary/aromatic N) is 5. The number of guanidine groups is 1. The van der Waals surface area contributed by atoms with Crippen LogP contribution in [0.25, 0.3) is 0 Å². The molecule has 7 nitrogen and oxygen atoms in total. The number of aromatic nitrogens is 1. The molecule has 2 aliphatic rings. The lowest BCUT2D eigenvalue weighted by molar-refractivity contribution is 0.0982. The van der Waals surface area contributed by atoms with Crippen LogP contribution in [0.2, 0.25) is 0 Å². The van der Waals surface area contributed by atoms with Gasteiger partial charge in [0, 0.05) is 51.0 Å². The average molecular weight is 544 g/mol. The number of hydrogen-bond donors (Lipinski definition) is 2. The fourth-order valence-electron chi connectivity index (χ4n) is 4.19. The SMILES string of the molecule is CCNC(=NCc1ccnc(N2CCN(C)CC2)c1)NCC(C)(C)N1CCCCC1.I. The van der Waals surface area contributed by atoms with Gasteiger partial charge in [-0.15, -0.1) is 24.0 Å². The lowest BCUT2D eigenvalue weighted by atomic mass is 9.98. The number of likely N-dealkylation sites (tertiary alicyclic amines) is 1. The van der Waals surface area contributed by atoms with Crippen molar-refractivity contribution in [2.75, 3.05) is 64.3 Å². The molecule has 3 heterocycles. The molecule has 2 aliphatic heterocycles. The van der Waals surface area contributed by atoms with Crippen LogP contribution in [0.15, 0.2) is 23.3 Å². The summed E-state index contributed by atoms with van der Waals surface area (Å²) in [6, 6.07) is 4.26. The number of halogens is 1. The van der Waals surface area contributed by atoms with E-state index in [2.05, 4.69) is 70.3 Å². The van der Waals surface area contributed by atoms with Crippen LogP contribution >= 0.6 is 24.0 Å². The zero-order chi connectivity index (χ0) is 21.4. The minimum Gasteiger partial charge on any atom is -0.357 e. The van der Waals surface area contributed by atoms with E-state index in [1.807, 2.05) is 6.20 Å². The molecule has 1 aromatic rings. The van der Waals surface area contributed by atoms with Crippen molar-refractivity contribution >= 4 is 35.8 Å². The minimum atomic E-state index is 0. The Morgan fingerprint density at radius 3 is 2.45 bits per heavy atom. The molecule has 0 aromatic carbocycles. The molecule has 0 atom stereocenters. The van der Waals surface area contributed by atoms with Gasteiger partial charge in [-0.1, -0.05) is 6.42 Å². The Morgan fingerprint density at radius 2 is 1.77 bits per heavy atom. The van der Waals surface area contributed by atoms with Crippen LogP contribution in [0.1, 0.15) is 45.6 Å². The van der Waals surface area contributed by atoms with Gasteiger partial charge in [-0.2, -0.15) is 0 Å². The van der Waals surface area contributed by atoms with Crippen LogP contribution in [0.3, 0.4) is 0 Å². The largest absolute Gasteiger partial charge is 0.357 e. The van der Waals surface area contributed by atoms with E-state index < -0.39 is 0 Å². The van der Waals surface area contributed by atoms with E-state index in [9.17, 15) is 0 Å². The van der Waals surface area contributed by atoms with Crippen LogP contribution in [0, 0.1) is 0 Å². The fourth-order valence-corrected chi connectivity index (χ4v) is 4.19. The second-order valence-corrected chi connectivity index (χ2v) is 9.22. The highest BCUT2D eigenvalue weighted by Gasteiger charge is 2.27. The molecule has 0 saturated carbocycles. The van der Waals surface area contributed by atoms with Crippen LogP contribution in [-0.2, 0) is 6.54 Å². The Bertz CT molecular complexity index is 680. The number of piperidine rings is 1. The highest BCUT2D eigenvalue weighted by atomic mass is 127. The maximum absolute atomic E-state index is 4.85. The van der Waals surface area contributed by atoms with Gasteiger partial charge in [0.2, 0.25) is 0 Å². The summed E-state index contributed by atoms with van der Waals surface area (Å²) >= 11 is 0. The Balaban J connectivity index is 0.00000341. The first-order valence-corrected chi connectivity index (χ1v) is 11.6. The normalized spacial score (nSPS) is 19.1. The van der Waals surface area contributed by atoms with Crippen LogP contribution in [0.5, 0.6) is 0 Å². The van der Waals surface area contributed by atoms with E-state index in [0.29, 0.717) is 6.54 Å². The molecule has 0 aliphatic carbocycles. The molecule has 2 saturated heterocycles. The van der Waals surface area contributed by atoms with Crippen LogP contribution in [0.4, 0.5) is 5.82 Å². The molecule has 1 aromatic heterocycles. The third kappa shape index (κ3) is 8.05. The summed E-state index contributed by atoms with van der Waals surface area (Å²) in [6.07, 6.45) is 5.91. The van der Waals surface area contributed by atoms with Crippen molar-refractivity contribution in [3.05, 3.63) is 23.9 Å². The Labute approximate surface area is 206 Å². The van der Waals surface area contributed by atoms with Crippen LogP contribution < -0.4 is 15.5 Å². The molecule has 2 fully saturated rings. The Hall–Kier alpha value is -1.13. The first-order valence-electron chi connectivity index (χ1n) is 11.6. The first kappa shape index (κ1) is 26.1. The van der Waals surface area contributed by atoms with Gasteiger partial charge in [0.15, 0.2) is 5.96 Å². The number of hydrogen-bond acceptors (Lipinski definition) is 5. The third-order valence-electron chi connectivity index (χ3n) is 6.30. The summed E-state index contributed by atoms with van der Waals surface area (Å²) in [4.78, 5) is 16.8. The number of nitrogens with one attached hydrogen (secondary N) is 2. The van der Waals surface area contributed by atoms with Crippen molar-refractivity contribution in [1.29, 1.82) is 0 Å². The van der Waals surface area contributed by atoms with Crippen molar-refractivity contribution in [2.45, 2.75) is 52.1 Å². The van der Waals surface area contributed by atoms with Gasteiger partial charge in [-0.05, 0) is 71.4 Å². The summed E-state index contributed by atoms with van der Waals surface area (Å²) in [5.41, 5.74) is 1.33. The average Bonchev–Trinajstić information content (AvgIpc) is 2.77. The Morgan fingerprint density at radius 1 is 1.06 bits per heavy atom. The maximum Gasteiger partial charge on any atom is 0.191 e. The lowest BCUT2D eigenvalue weighted by Crippen LogP contribution is -2.54. The van der Waals surface area contributed by atoms with E-state index in [-0.39, 0.29) is 29.5 Å². The van der Waals surface area contributed by atoms with Gasteiger partial charge >= 0.3 is 0 Å². The van der Waals surface area contributed by atoms with Gasteiger partial charge in [0.1, 0.15) is 5.82 Å². The van der Waals surface area contributed by atoms with Crippen molar-refractivity contribution < 1.29 is 0 Å². The number of likely N-dealkylation sites (N-methyl/N-ethyl adjacent to an activating group) is 1. The van der Waals surface area contributed by atoms with Gasteiger partial charge < -0.3 is 20.4 Å². The molecule has 0 radical (unpaired) electrons. The van der Waals surface area contributed by atoms with Gasteiger partial charge in [0.25, 0.3) is 0 Å². The van der Waals surface area contributed by atoms with Crippen molar-refractivity contribution in [3.8, 4) is 0 Å². The van der Waals surface area contributed by atoms with Crippen LogP contribution in [-0.4, -0.2) is 85.7 Å². The summed E-state index contributed by atoms with van der Waals surface area (Å²) in [5, 5.41) is 6.98. The van der Waals surface area contributed by atoms with Crippen molar-refractivity contribution in [3.63, 3.8) is 0 Å². The summed E-state index contributed by atoms with van der Waals surface area (Å²) in [5.74, 6) is 1.96. The number of anilines is 1. The molecule has 0 bridgehead atoms. The zero-order valence-electron chi connectivity index (χ0n) is 19.9. The monoisotopic (exact) mass is 543 g/mol. The zero-order valence-corrected chi connectivity index (χ0v) is 22.2. The number of pyridine rings is 1. The Kier molecular flexibility index (Phi) is 10.8. The molecule has 3 rings (SSSR count). The summed E-state index contributed by atoms with van der Waals surface area (Å²) in [6.45, 7) is 15.8. The molecule has 0 amide bonds. The molecule has 8 heteroatoms. The van der Waals surface area contributed by atoms with Crippen molar-refractivity contribution in [1.82, 2.24) is 25.4 Å². The summed E-state index contributed by atoms with van der Waals surface area (Å²) in [7, 11) is 2.18. The topological polar surface area (TPSA) is 59.0 Å². The highest BCUT2D eigenvalue weighted by Crippen LogP contribution is 2.20. The molecule has 0 unspecified atom stereocenters. The van der Waals surface area contributed by atoms with Gasteiger partial charge in [-0.3, -0.25) is 4.90 Å². The molecule has 2 N–H and O–H groups in total. The smallest absolute Gasteiger partial charge is 0.191 e. The molecular formula is C23H42IN7. The van der Waals surface area contributed by atoms with Crippen molar-refractivity contribution in [2.24, 2.45) is 4.99 Å². The second-order valence-electron chi connectivity index (χ2n) is 9.22. The van der Waals surface area contributed by atoms with E-state index >= 15 is 0 Å². The first-order chi connectivity index (χ1) is 14.5. The molecule has 0 spiro atoms. The van der Waals surface area contributed by atoms with E-state index in [4.69, 9.17) is 4.99 Å². The van der Waals surface area contributed by atoms with E-state index in [0.717, 1.165) is 51.0 Å². The van der Waals surface area contributed by atoms with Gasteiger partial charge in [-0.25, -0.2) is 9.98 Å². The second kappa shape index (κ2) is 12.8. The number of piperazine rings is 1. The summed E-state index contributed by atoms with van der Waals surface area (Å²) < 4.78 is 0. The number of rotatable bonds is 7. The lowest BCUT2D eigenvalue weighted by Gasteiger charge is -2.41. The molecule has 31 heavy (non-hydrogen) atoms. The minimum absolute atomic E-state index is 0.